The largest absolute Gasteiger partial charge is 0.419 e. The topological polar surface area (TPSA) is 52.7 Å². The minimum Gasteiger partial charge on any atom is -0.268 e. The molecule has 0 fully saturated rings. The molecule has 0 spiro atoms. The highest BCUT2D eigenvalue weighted by atomic mass is 19.4. The van der Waals surface area contributed by atoms with E-state index in [1.165, 1.54) is 19.2 Å². The predicted molar refractivity (Wildman–Crippen MR) is 51.6 cm³/mol. The highest BCUT2D eigenvalue weighted by molar-refractivity contribution is 5.21. The molecule has 5 nitrogen and oxygen atoms in total. The molecule has 17 heavy (non-hydrogen) atoms. The SMILES string of the molecule is Cn1nc(-n2cc(C(F)(F)F)cn2)ccc1=O. The lowest BCUT2D eigenvalue weighted by Crippen LogP contribution is -2.19. The van der Waals surface area contributed by atoms with Crippen LogP contribution in [0, 0.1) is 0 Å². The van der Waals surface area contributed by atoms with Gasteiger partial charge in [0, 0.05) is 19.3 Å². The zero-order valence-electron chi connectivity index (χ0n) is 8.64. The van der Waals surface area contributed by atoms with Gasteiger partial charge in [0.15, 0.2) is 5.82 Å². The van der Waals surface area contributed by atoms with Crippen molar-refractivity contribution in [1.82, 2.24) is 19.6 Å². The van der Waals surface area contributed by atoms with Gasteiger partial charge in [0.05, 0.1) is 11.8 Å². The number of alkyl halides is 3. The molecule has 0 amide bonds. The molecule has 0 saturated carbocycles. The maximum absolute atomic E-state index is 12.3. The lowest BCUT2D eigenvalue weighted by molar-refractivity contribution is -0.137. The fourth-order valence-electron chi connectivity index (χ4n) is 1.21. The molecule has 0 radical (unpaired) electrons. The van der Waals surface area contributed by atoms with Gasteiger partial charge in [-0.25, -0.2) is 9.36 Å². The Morgan fingerprint density at radius 2 is 2.00 bits per heavy atom. The highest BCUT2D eigenvalue weighted by Gasteiger charge is 2.32. The van der Waals surface area contributed by atoms with Crippen molar-refractivity contribution in [3.05, 3.63) is 40.4 Å². The fraction of sp³-hybridized carbons (Fsp3) is 0.222. The molecule has 8 heteroatoms. The summed E-state index contributed by atoms with van der Waals surface area (Å²) in [4.78, 5) is 11.1. The Morgan fingerprint density at radius 3 is 2.53 bits per heavy atom. The van der Waals surface area contributed by atoms with Gasteiger partial charge in [0.25, 0.3) is 5.56 Å². The van der Waals surface area contributed by atoms with Gasteiger partial charge < -0.3 is 0 Å². The van der Waals surface area contributed by atoms with Gasteiger partial charge >= 0.3 is 6.18 Å². The van der Waals surface area contributed by atoms with Gasteiger partial charge in [0.2, 0.25) is 0 Å². The summed E-state index contributed by atoms with van der Waals surface area (Å²) in [6.07, 6.45) is -2.93. The zero-order valence-corrected chi connectivity index (χ0v) is 8.64. The second kappa shape index (κ2) is 3.72. The molecule has 0 saturated heterocycles. The van der Waals surface area contributed by atoms with Gasteiger partial charge in [-0.15, -0.1) is 0 Å². The first-order valence-electron chi connectivity index (χ1n) is 4.54. The zero-order chi connectivity index (χ0) is 12.6. The predicted octanol–water partition coefficient (Wildman–Crippen LogP) is 0.985. The molecule has 0 unspecified atom stereocenters. The Balaban J connectivity index is 2.44. The van der Waals surface area contributed by atoms with Gasteiger partial charge in [-0.1, -0.05) is 0 Å². The van der Waals surface area contributed by atoms with Crippen LogP contribution in [0.15, 0.2) is 29.3 Å². The van der Waals surface area contributed by atoms with Gasteiger partial charge in [0.1, 0.15) is 0 Å². The van der Waals surface area contributed by atoms with E-state index in [-0.39, 0.29) is 11.4 Å². The van der Waals surface area contributed by atoms with Crippen LogP contribution in [-0.2, 0) is 13.2 Å². The number of aryl methyl sites for hydroxylation is 1. The van der Waals surface area contributed by atoms with E-state index in [0.717, 1.165) is 15.6 Å². The van der Waals surface area contributed by atoms with E-state index < -0.39 is 11.7 Å². The van der Waals surface area contributed by atoms with Crippen molar-refractivity contribution in [2.75, 3.05) is 0 Å². The van der Waals surface area contributed by atoms with Crippen LogP contribution in [0.4, 0.5) is 13.2 Å². The molecule has 0 aliphatic heterocycles. The first-order chi connectivity index (χ1) is 7.88. The van der Waals surface area contributed by atoms with E-state index in [9.17, 15) is 18.0 Å². The summed E-state index contributed by atoms with van der Waals surface area (Å²) < 4.78 is 39.0. The van der Waals surface area contributed by atoms with Crippen LogP contribution in [0.5, 0.6) is 0 Å². The summed E-state index contributed by atoms with van der Waals surface area (Å²) in [5.41, 5.74) is -1.22. The molecule has 2 aromatic heterocycles. The lowest BCUT2D eigenvalue weighted by atomic mass is 10.4. The monoisotopic (exact) mass is 244 g/mol. The van der Waals surface area contributed by atoms with Crippen molar-refractivity contribution in [2.45, 2.75) is 6.18 Å². The van der Waals surface area contributed by atoms with Crippen molar-refractivity contribution < 1.29 is 13.2 Å². The van der Waals surface area contributed by atoms with Crippen LogP contribution in [0.2, 0.25) is 0 Å². The Bertz CT molecular complexity index is 599. The molecular weight excluding hydrogens is 237 g/mol. The second-order valence-electron chi connectivity index (χ2n) is 3.32. The summed E-state index contributed by atoms with van der Waals surface area (Å²) in [6.45, 7) is 0. The summed E-state index contributed by atoms with van der Waals surface area (Å²) >= 11 is 0. The van der Waals surface area contributed by atoms with Crippen molar-refractivity contribution in [3.8, 4) is 5.82 Å². The molecule has 2 aromatic rings. The third-order valence-electron chi connectivity index (χ3n) is 2.09. The first-order valence-corrected chi connectivity index (χ1v) is 4.54. The van der Waals surface area contributed by atoms with Crippen LogP contribution in [0.3, 0.4) is 0 Å². The fourth-order valence-corrected chi connectivity index (χ4v) is 1.21. The minimum atomic E-state index is -4.45. The summed E-state index contributed by atoms with van der Waals surface area (Å²) in [7, 11) is 1.40. The molecule has 90 valence electrons. The van der Waals surface area contributed by atoms with Gasteiger partial charge in [-0.3, -0.25) is 4.79 Å². The van der Waals surface area contributed by atoms with E-state index in [0.29, 0.717) is 6.20 Å². The summed E-state index contributed by atoms with van der Waals surface area (Å²) in [6, 6.07) is 2.51. The van der Waals surface area contributed by atoms with E-state index in [1.807, 2.05) is 0 Å². The smallest absolute Gasteiger partial charge is 0.268 e. The highest BCUT2D eigenvalue weighted by Crippen LogP contribution is 2.28. The third kappa shape index (κ3) is 2.19. The average molecular weight is 244 g/mol. The number of nitrogens with zero attached hydrogens (tertiary/aromatic N) is 4. The van der Waals surface area contributed by atoms with Crippen molar-refractivity contribution in [3.63, 3.8) is 0 Å². The maximum atomic E-state index is 12.3. The van der Waals surface area contributed by atoms with E-state index >= 15 is 0 Å². The first kappa shape index (κ1) is 11.4. The van der Waals surface area contributed by atoms with Gasteiger partial charge in [-0.2, -0.15) is 23.4 Å². The molecule has 0 aromatic carbocycles. The Kier molecular flexibility index (Phi) is 2.49. The van der Waals surface area contributed by atoms with Crippen molar-refractivity contribution in [2.24, 2.45) is 7.05 Å². The number of hydrogen-bond acceptors (Lipinski definition) is 3. The number of aromatic nitrogens is 4. The molecule has 0 aliphatic rings. The summed E-state index contributed by atoms with van der Waals surface area (Å²) in [5, 5.41) is 7.32. The van der Waals surface area contributed by atoms with Crippen LogP contribution in [0.1, 0.15) is 5.56 Å². The maximum Gasteiger partial charge on any atom is 0.419 e. The Hall–Kier alpha value is -2.12. The van der Waals surface area contributed by atoms with Crippen molar-refractivity contribution >= 4 is 0 Å². The molecule has 2 heterocycles. The van der Waals surface area contributed by atoms with E-state index in [1.54, 1.807) is 0 Å². The molecular formula is C9H7F3N4O. The Labute approximate surface area is 93.1 Å². The molecule has 0 N–H and O–H groups in total. The van der Waals surface area contributed by atoms with Crippen LogP contribution in [0.25, 0.3) is 5.82 Å². The Morgan fingerprint density at radius 1 is 1.29 bits per heavy atom. The standard InChI is InChI=1S/C9H7F3N4O/c1-15-8(17)3-2-7(14-15)16-5-6(4-13-16)9(10,11)12/h2-5H,1H3. The van der Waals surface area contributed by atoms with Crippen LogP contribution in [-0.4, -0.2) is 19.6 Å². The van der Waals surface area contributed by atoms with E-state index in [4.69, 9.17) is 0 Å². The summed E-state index contributed by atoms with van der Waals surface area (Å²) in [5.74, 6) is 0.141. The molecule has 2 rings (SSSR count). The number of hydrogen-bond donors (Lipinski definition) is 0. The number of halogens is 3. The van der Waals surface area contributed by atoms with Crippen molar-refractivity contribution in [1.29, 1.82) is 0 Å². The van der Waals surface area contributed by atoms with Crippen LogP contribution < -0.4 is 5.56 Å². The van der Waals surface area contributed by atoms with E-state index in [2.05, 4.69) is 10.2 Å². The molecule has 0 atom stereocenters. The normalized spacial score (nSPS) is 11.8. The average Bonchev–Trinajstić information content (AvgIpc) is 2.70. The molecule has 0 aliphatic carbocycles. The minimum absolute atomic E-state index is 0.141. The van der Waals surface area contributed by atoms with Gasteiger partial charge in [-0.05, 0) is 6.07 Å². The number of rotatable bonds is 1. The quantitative estimate of drug-likeness (QED) is 0.751. The van der Waals surface area contributed by atoms with Crippen LogP contribution >= 0.6 is 0 Å². The molecule has 0 bridgehead atoms. The lowest BCUT2D eigenvalue weighted by Gasteiger charge is -2.02. The third-order valence-corrected chi connectivity index (χ3v) is 2.09. The second-order valence-corrected chi connectivity index (χ2v) is 3.32.